The number of nitrogen functional groups attached to an aromatic ring is 1. The van der Waals surface area contributed by atoms with Gasteiger partial charge in [-0.2, -0.15) is 0 Å². The summed E-state index contributed by atoms with van der Waals surface area (Å²) < 4.78 is 6.70. The summed E-state index contributed by atoms with van der Waals surface area (Å²) in [6.07, 6.45) is 0.739. The molecule has 0 saturated carbocycles. The van der Waals surface area contributed by atoms with Crippen LogP contribution in [0.15, 0.2) is 29.1 Å². The fraction of sp³-hybridized carbons (Fsp3) is 0.357. The van der Waals surface area contributed by atoms with E-state index in [1.807, 2.05) is 18.2 Å². The molecule has 0 bridgehead atoms. The Kier molecular flexibility index (Phi) is 3.64. The molecule has 0 aliphatic carbocycles. The van der Waals surface area contributed by atoms with Gasteiger partial charge < -0.3 is 10.5 Å². The molecule has 1 aromatic carbocycles. The van der Waals surface area contributed by atoms with Gasteiger partial charge >= 0.3 is 0 Å². The second kappa shape index (κ2) is 5.22. The third-order valence-corrected chi connectivity index (χ3v) is 2.94. The fourth-order valence-corrected chi connectivity index (χ4v) is 2.04. The Morgan fingerprint density at radius 3 is 2.68 bits per heavy atom. The molecule has 1 aromatic heterocycles. The van der Waals surface area contributed by atoms with E-state index in [0.717, 1.165) is 12.1 Å². The van der Waals surface area contributed by atoms with Gasteiger partial charge in [-0.25, -0.2) is 4.68 Å². The van der Waals surface area contributed by atoms with E-state index in [9.17, 15) is 4.79 Å². The smallest absolute Gasteiger partial charge is 0.294 e. The Morgan fingerprint density at radius 1 is 1.37 bits per heavy atom. The molecule has 0 saturated heterocycles. The topological polar surface area (TPSA) is 73.0 Å². The maximum absolute atomic E-state index is 12.2. The summed E-state index contributed by atoms with van der Waals surface area (Å²) in [6.45, 7) is 4.16. The van der Waals surface area contributed by atoms with E-state index in [2.05, 4.69) is 18.9 Å². The summed E-state index contributed by atoms with van der Waals surface area (Å²) in [5.74, 6) is 1.05. The number of para-hydroxylation sites is 2. The number of anilines is 1. The molecule has 5 heteroatoms. The first-order valence-electron chi connectivity index (χ1n) is 6.27. The van der Waals surface area contributed by atoms with Crippen molar-refractivity contribution in [2.45, 2.75) is 20.3 Å². The van der Waals surface area contributed by atoms with Crippen LogP contribution in [0.2, 0.25) is 0 Å². The largest absolute Gasteiger partial charge is 0.494 e. The molecule has 0 fully saturated rings. The molecule has 0 spiro atoms. The predicted molar refractivity (Wildman–Crippen MR) is 75.9 cm³/mol. The van der Waals surface area contributed by atoms with Crippen molar-refractivity contribution in [3.05, 3.63) is 40.3 Å². The van der Waals surface area contributed by atoms with Crippen molar-refractivity contribution in [1.29, 1.82) is 0 Å². The average Bonchev–Trinajstić information content (AvgIpc) is 2.66. The summed E-state index contributed by atoms with van der Waals surface area (Å²) in [7, 11) is 1.57. The second-order valence-corrected chi connectivity index (χ2v) is 4.91. The van der Waals surface area contributed by atoms with E-state index >= 15 is 0 Å². The summed E-state index contributed by atoms with van der Waals surface area (Å²) in [4.78, 5) is 12.2. The molecular weight excluding hydrogens is 242 g/mol. The number of nitrogens with zero attached hydrogens (tertiary/aromatic N) is 1. The second-order valence-electron chi connectivity index (χ2n) is 4.91. The zero-order chi connectivity index (χ0) is 14.0. The van der Waals surface area contributed by atoms with Crippen molar-refractivity contribution in [2.75, 3.05) is 12.8 Å². The van der Waals surface area contributed by atoms with Gasteiger partial charge in [0.2, 0.25) is 0 Å². The summed E-state index contributed by atoms with van der Waals surface area (Å²) in [5.41, 5.74) is 7.35. The molecule has 0 unspecified atom stereocenters. The number of methoxy groups -OCH3 is 1. The number of aromatic nitrogens is 2. The minimum Gasteiger partial charge on any atom is -0.494 e. The van der Waals surface area contributed by atoms with E-state index in [-0.39, 0.29) is 11.2 Å². The highest BCUT2D eigenvalue weighted by molar-refractivity contribution is 5.50. The summed E-state index contributed by atoms with van der Waals surface area (Å²) >= 11 is 0. The van der Waals surface area contributed by atoms with Gasteiger partial charge in [-0.05, 0) is 24.5 Å². The monoisotopic (exact) mass is 261 g/mol. The third-order valence-electron chi connectivity index (χ3n) is 2.94. The quantitative estimate of drug-likeness (QED) is 0.883. The molecule has 5 nitrogen and oxygen atoms in total. The van der Waals surface area contributed by atoms with Gasteiger partial charge in [-0.1, -0.05) is 26.0 Å². The van der Waals surface area contributed by atoms with Crippen LogP contribution < -0.4 is 16.0 Å². The molecule has 2 rings (SSSR count). The number of nitrogens with two attached hydrogens (primary N) is 1. The van der Waals surface area contributed by atoms with Gasteiger partial charge in [0.05, 0.1) is 12.8 Å². The number of hydrogen-bond donors (Lipinski definition) is 2. The van der Waals surface area contributed by atoms with Crippen molar-refractivity contribution < 1.29 is 4.74 Å². The lowest BCUT2D eigenvalue weighted by Crippen LogP contribution is -2.17. The first-order valence-corrected chi connectivity index (χ1v) is 6.27. The molecular formula is C14H19N3O2. The SMILES string of the molecule is COc1ccccc1-n1[nH]c(CC(C)C)c(N)c1=O. The Labute approximate surface area is 112 Å². The summed E-state index contributed by atoms with van der Waals surface area (Å²) in [6, 6.07) is 7.33. The molecule has 1 heterocycles. The lowest BCUT2D eigenvalue weighted by molar-refractivity contribution is 0.411. The highest BCUT2D eigenvalue weighted by atomic mass is 16.5. The number of benzene rings is 1. The van der Waals surface area contributed by atoms with E-state index in [4.69, 9.17) is 10.5 Å². The number of H-pyrrole nitrogens is 1. The van der Waals surface area contributed by atoms with Gasteiger partial charge in [0.25, 0.3) is 5.56 Å². The van der Waals surface area contributed by atoms with E-state index in [1.165, 1.54) is 4.68 Å². The highest BCUT2D eigenvalue weighted by Gasteiger charge is 2.15. The van der Waals surface area contributed by atoms with Crippen LogP contribution in [0.4, 0.5) is 5.69 Å². The molecule has 0 atom stereocenters. The average molecular weight is 261 g/mol. The lowest BCUT2D eigenvalue weighted by Gasteiger charge is -2.08. The molecule has 19 heavy (non-hydrogen) atoms. The lowest BCUT2D eigenvalue weighted by atomic mass is 10.1. The zero-order valence-corrected chi connectivity index (χ0v) is 11.4. The molecule has 0 amide bonds. The number of ether oxygens (including phenoxy) is 1. The standard InChI is InChI=1S/C14H19N3O2/c1-9(2)8-10-13(15)14(18)17(16-10)11-6-4-5-7-12(11)19-3/h4-7,9,16H,8,15H2,1-3H3. The predicted octanol–water partition coefficient (Wildman–Crippen LogP) is 1.95. The van der Waals surface area contributed by atoms with Gasteiger partial charge in [-0.15, -0.1) is 0 Å². The maximum Gasteiger partial charge on any atom is 0.294 e. The van der Waals surface area contributed by atoms with Gasteiger partial charge in [-0.3, -0.25) is 9.89 Å². The number of aromatic amines is 1. The van der Waals surface area contributed by atoms with Crippen molar-refractivity contribution in [3.63, 3.8) is 0 Å². The molecule has 0 radical (unpaired) electrons. The Morgan fingerprint density at radius 2 is 2.05 bits per heavy atom. The first-order chi connectivity index (χ1) is 9.04. The Bertz CT molecular complexity index is 626. The van der Waals surface area contributed by atoms with Gasteiger partial charge in [0.1, 0.15) is 17.1 Å². The minimum absolute atomic E-state index is 0.236. The van der Waals surface area contributed by atoms with E-state index in [1.54, 1.807) is 13.2 Å². The van der Waals surface area contributed by atoms with Crippen LogP contribution in [0.1, 0.15) is 19.5 Å². The van der Waals surface area contributed by atoms with Crippen molar-refractivity contribution in [2.24, 2.45) is 5.92 Å². The van der Waals surface area contributed by atoms with Crippen LogP contribution in [0.3, 0.4) is 0 Å². The van der Waals surface area contributed by atoms with Gasteiger partial charge in [0.15, 0.2) is 0 Å². The van der Waals surface area contributed by atoms with Crippen LogP contribution in [-0.4, -0.2) is 16.9 Å². The van der Waals surface area contributed by atoms with E-state index in [0.29, 0.717) is 17.4 Å². The van der Waals surface area contributed by atoms with Crippen molar-refractivity contribution in [3.8, 4) is 11.4 Å². The minimum atomic E-state index is -0.236. The van der Waals surface area contributed by atoms with Crippen molar-refractivity contribution >= 4 is 5.69 Å². The first kappa shape index (κ1) is 13.3. The maximum atomic E-state index is 12.2. The Hall–Kier alpha value is -2.17. The highest BCUT2D eigenvalue weighted by Crippen LogP contribution is 2.21. The Balaban J connectivity index is 2.54. The molecule has 0 aliphatic heterocycles. The fourth-order valence-electron chi connectivity index (χ4n) is 2.04. The molecule has 102 valence electrons. The number of nitrogens with one attached hydrogen (secondary N) is 1. The van der Waals surface area contributed by atoms with E-state index < -0.39 is 0 Å². The number of hydrogen-bond acceptors (Lipinski definition) is 3. The van der Waals surface area contributed by atoms with Gasteiger partial charge in [0, 0.05) is 0 Å². The van der Waals surface area contributed by atoms with Crippen LogP contribution in [-0.2, 0) is 6.42 Å². The zero-order valence-electron chi connectivity index (χ0n) is 11.4. The van der Waals surface area contributed by atoms with Crippen molar-refractivity contribution in [1.82, 2.24) is 9.78 Å². The normalized spacial score (nSPS) is 10.9. The van der Waals surface area contributed by atoms with Crippen LogP contribution in [0.5, 0.6) is 5.75 Å². The summed E-state index contributed by atoms with van der Waals surface area (Å²) in [5, 5.41) is 3.07. The van der Waals surface area contributed by atoms with Crippen LogP contribution >= 0.6 is 0 Å². The molecule has 3 N–H and O–H groups in total. The molecule has 2 aromatic rings. The third kappa shape index (κ3) is 2.50. The van der Waals surface area contributed by atoms with Crippen LogP contribution in [0, 0.1) is 5.92 Å². The van der Waals surface area contributed by atoms with Crippen LogP contribution in [0.25, 0.3) is 5.69 Å². The number of rotatable bonds is 4. The molecule has 0 aliphatic rings.